The summed E-state index contributed by atoms with van der Waals surface area (Å²) in [5.41, 5.74) is 2.47. The zero-order valence-corrected chi connectivity index (χ0v) is 11.0. The molecule has 0 fully saturated rings. The Morgan fingerprint density at radius 2 is 2.32 bits per heavy atom. The van der Waals surface area contributed by atoms with Crippen molar-refractivity contribution in [2.75, 3.05) is 13.2 Å². The molecule has 0 saturated heterocycles. The second-order valence-corrected chi connectivity index (χ2v) is 3.77. The summed E-state index contributed by atoms with van der Waals surface area (Å²) in [5, 5.41) is 11.6. The quantitative estimate of drug-likeness (QED) is 0.237. The molecule has 104 valence electrons. The number of benzene rings is 1. The van der Waals surface area contributed by atoms with Gasteiger partial charge in [-0.3, -0.25) is 10.2 Å². The van der Waals surface area contributed by atoms with Gasteiger partial charge in [-0.05, 0) is 19.1 Å². The number of hydrazine groups is 1. The highest BCUT2D eigenvalue weighted by atomic mass is 35.5. The van der Waals surface area contributed by atoms with Crippen LogP contribution in [0.2, 0.25) is 5.02 Å². The molecule has 19 heavy (non-hydrogen) atoms. The smallest absolute Gasteiger partial charge is 0.271 e. The number of hydrogen-bond donors (Lipinski definition) is 3. The number of oxime groups is 1. The van der Waals surface area contributed by atoms with Crippen molar-refractivity contribution < 1.29 is 19.5 Å². The van der Waals surface area contributed by atoms with Crippen LogP contribution in [0.4, 0.5) is 0 Å². The van der Waals surface area contributed by atoms with Crippen molar-refractivity contribution in [2.24, 2.45) is 11.0 Å². The summed E-state index contributed by atoms with van der Waals surface area (Å²) in [6.45, 7) is 1.89. The molecule has 0 radical (unpaired) electrons. The van der Waals surface area contributed by atoms with Gasteiger partial charge in [0.15, 0.2) is 18.1 Å². The minimum absolute atomic E-state index is 0.224. The molecule has 7 nitrogen and oxygen atoms in total. The zero-order chi connectivity index (χ0) is 14.3. The fourth-order valence-electron chi connectivity index (χ4n) is 1.31. The molecular weight excluding hydrogens is 274 g/mol. The summed E-state index contributed by atoms with van der Waals surface area (Å²) >= 11 is 6.02. The number of nitrogens with zero attached hydrogens (tertiary/aromatic N) is 1. The van der Waals surface area contributed by atoms with Gasteiger partial charge in [-0.1, -0.05) is 16.8 Å². The van der Waals surface area contributed by atoms with Crippen LogP contribution >= 0.6 is 11.6 Å². The van der Waals surface area contributed by atoms with Crippen molar-refractivity contribution in [1.29, 1.82) is 0 Å². The van der Waals surface area contributed by atoms with Crippen LogP contribution in [0.25, 0.3) is 0 Å². The number of amides is 1. The molecule has 1 aromatic carbocycles. The van der Waals surface area contributed by atoms with E-state index in [-0.39, 0.29) is 17.4 Å². The van der Waals surface area contributed by atoms with Crippen molar-refractivity contribution in [3.8, 4) is 11.5 Å². The number of carbonyl (C=O) groups is 1. The largest absolute Gasteiger partial charge is 0.490 e. The standard InChI is InChI=1S/C11H14ClN3O4/c1-2-18-9-4-7(5-14-17)3-8(12)11(9)19-6-10(16)15-13/h3-5,17H,2,6,13H2,1H3,(H,15,16)/b14-5+. The van der Waals surface area contributed by atoms with Gasteiger partial charge < -0.3 is 14.7 Å². The molecule has 4 N–H and O–H groups in total. The fraction of sp³-hybridized carbons (Fsp3) is 0.273. The van der Waals surface area contributed by atoms with E-state index in [1.165, 1.54) is 12.3 Å². The van der Waals surface area contributed by atoms with Gasteiger partial charge in [-0.15, -0.1) is 0 Å². The molecule has 8 heteroatoms. The predicted octanol–water partition coefficient (Wildman–Crippen LogP) is 0.915. The maximum atomic E-state index is 11.0. The maximum Gasteiger partial charge on any atom is 0.271 e. The van der Waals surface area contributed by atoms with Crippen LogP contribution in [0.1, 0.15) is 12.5 Å². The van der Waals surface area contributed by atoms with Gasteiger partial charge in [-0.2, -0.15) is 0 Å². The molecule has 1 amide bonds. The second-order valence-electron chi connectivity index (χ2n) is 3.36. The summed E-state index contributed by atoms with van der Waals surface area (Å²) in [7, 11) is 0. The van der Waals surface area contributed by atoms with E-state index in [1.54, 1.807) is 13.0 Å². The third-order valence-electron chi connectivity index (χ3n) is 2.05. The first kappa shape index (κ1) is 15.1. The number of halogens is 1. The molecule has 0 aromatic heterocycles. The minimum atomic E-state index is -0.500. The van der Waals surface area contributed by atoms with Gasteiger partial charge in [0.1, 0.15) is 0 Å². The van der Waals surface area contributed by atoms with E-state index in [4.69, 9.17) is 32.1 Å². The Morgan fingerprint density at radius 1 is 1.58 bits per heavy atom. The van der Waals surface area contributed by atoms with Crippen LogP contribution < -0.4 is 20.7 Å². The molecule has 0 unspecified atom stereocenters. The number of hydrogen-bond acceptors (Lipinski definition) is 6. The third-order valence-corrected chi connectivity index (χ3v) is 2.33. The lowest BCUT2D eigenvalue weighted by Gasteiger charge is -2.13. The highest BCUT2D eigenvalue weighted by Gasteiger charge is 2.13. The van der Waals surface area contributed by atoms with Crippen LogP contribution in [0.15, 0.2) is 17.3 Å². The molecule has 1 rings (SSSR count). The summed E-state index contributed by atoms with van der Waals surface area (Å²) in [4.78, 5) is 11.0. The van der Waals surface area contributed by atoms with E-state index in [1.807, 2.05) is 5.43 Å². The molecule has 0 bridgehead atoms. The van der Waals surface area contributed by atoms with E-state index in [0.717, 1.165) is 0 Å². The SMILES string of the molecule is CCOc1cc(/C=N/O)cc(Cl)c1OCC(=O)NN. The second kappa shape index (κ2) is 7.45. The first-order valence-corrected chi connectivity index (χ1v) is 5.76. The van der Waals surface area contributed by atoms with Crippen molar-refractivity contribution in [3.05, 3.63) is 22.7 Å². The lowest BCUT2D eigenvalue weighted by Crippen LogP contribution is -2.34. The van der Waals surface area contributed by atoms with Crippen LogP contribution in [0, 0.1) is 0 Å². The summed E-state index contributed by atoms with van der Waals surface area (Å²) < 4.78 is 10.6. The van der Waals surface area contributed by atoms with Crippen LogP contribution in [0.3, 0.4) is 0 Å². The molecular formula is C11H14ClN3O4. The Bertz CT molecular complexity index is 479. The number of nitrogens with two attached hydrogens (primary N) is 1. The summed E-state index contributed by atoms with van der Waals surface area (Å²) in [6.07, 6.45) is 1.20. The van der Waals surface area contributed by atoms with Gasteiger partial charge in [0.25, 0.3) is 5.91 Å². The molecule has 0 aliphatic heterocycles. The Balaban J connectivity index is 3.03. The van der Waals surface area contributed by atoms with Gasteiger partial charge >= 0.3 is 0 Å². The maximum absolute atomic E-state index is 11.0. The number of ether oxygens (including phenoxy) is 2. The first-order chi connectivity index (χ1) is 9.12. The Morgan fingerprint density at radius 3 is 2.89 bits per heavy atom. The average molecular weight is 288 g/mol. The van der Waals surface area contributed by atoms with Crippen molar-refractivity contribution in [2.45, 2.75) is 6.92 Å². The Kier molecular flexibility index (Phi) is 5.91. The molecule has 1 aromatic rings. The average Bonchev–Trinajstić information content (AvgIpc) is 2.38. The van der Waals surface area contributed by atoms with Crippen LogP contribution in [-0.2, 0) is 4.79 Å². The molecule has 0 aliphatic carbocycles. The van der Waals surface area contributed by atoms with Crippen LogP contribution in [0.5, 0.6) is 11.5 Å². The van der Waals surface area contributed by atoms with E-state index in [2.05, 4.69) is 5.16 Å². The highest BCUT2D eigenvalue weighted by molar-refractivity contribution is 6.32. The van der Waals surface area contributed by atoms with Crippen molar-refractivity contribution in [1.82, 2.24) is 5.43 Å². The summed E-state index contributed by atoms with van der Waals surface area (Å²) in [5.74, 6) is 5.01. The topological polar surface area (TPSA) is 106 Å². The fourth-order valence-corrected chi connectivity index (χ4v) is 1.59. The zero-order valence-electron chi connectivity index (χ0n) is 10.2. The highest BCUT2D eigenvalue weighted by Crippen LogP contribution is 2.36. The number of nitrogens with one attached hydrogen (secondary N) is 1. The van der Waals surface area contributed by atoms with Gasteiger partial charge in [-0.25, -0.2) is 5.84 Å². The Hall–Kier alpha value is -1.99. The molecule has 0 saturated carbocycles. The normalized spacial score (nSPS) is 10.5. The van der Waals surface area contributed by atoms with Crippen molar-refractivity contribution in [3.63, 3.8) is 0 Å². The minimum Gasteiger partial charge on any atom is -0.490 e. The van der Waals surface area contributed by atoms with E-state index >= 15 is 0 Å². The van der Waals surface area contributed by atoms with E-state index in [9.17, 15) is 4.79 Å². The van der Waals surface area contributed by atoms with Crippen LogP contribution in [-0.4, -0.2) is 30.5 Å². The van der Waals surface area contributed by atoms with E-state index < -0.39 is 5.91 Å². The van der Waals surface area contributed by atoms with E-state index in [0.29, 0.717) is 17.9 Å². The summed E-state index contributed by atoms with van der Waals surface area (Å²) in [6, 6.07) is 3.09. The monoisotopic (exact) mass is 287 g/mol. The van der Waals surface area contributed by atoms with Gasteiger partial charge in [0.05, 0.1) is 17.8 Å². The first-order valence-electron chi connectivity index (χ1n) is 5.38. The number of rotatable bonds is 6. The van der Waals surface area contributed by atoms with Crippen molar-refractivity contribution >= 4 is 23.7 Å². The molecule has 0 spiro atoms. The Labute approximate surface area is 114 Å². The molecule has 0 atom stereocenters. The molecule has 0 heterocycles. The third kappa shape index (κ3) is 4.31. The lowest BCUT2D eigenvalue weighted by atomic mass is 10.2. The van der Waals surface area contributed by atoms with Gasteiger partial charge in [0, 0.05) is 5.56 Å². The van der Waals surface area contributed by atoms with Gasteiger partial charge in [0.2, 0.25) is 0 Å². The lowest BCUT2D eigenvalue weighted by molar-refractivity contribution is -0.123. The molecule has 0 aliphatic rings. The predicted molar refractivity (Wildman–Crippen MR) is 69.8 cm³/mol. The number of carbonyl (C=O) groups excluding carboxylic acids is 1.